The zero-order valence-corrected chi connectivity index (χ0v) is 14.1. The maximum atomic E-state index is 11.9. The Kier molecular flexibility index (Phi) is 6.70. The number of rotatable bonds is 8. The van der Waals surface area contributed by atoms with E-state index < -0.39 is 11.9 Å². The second-order valence-electron chi connectivity index (χ2n) is 4.87. The predicted octanol–water partition coefficient (Wildman–Crippen LogP) is 1.75. The van der Waals surface area contributed by atoms with Crippen LogP contribution in [-0.2, 0) is 25.6 Å². The molecule has 0 aliphatic rings. The van der Waals surface area contributed by atoms with E-state index in [2.05, 4.69) is 15.4 Å². The number of nitrogens with zero attached hydrogens (tertiary/aromatic N) is 3. The third kappa shape index (κ3) is 5.17. The molecule has 0 aliphatic heterocycles. The van der Waals surface area contributed by atoms with Crippen molar-refractivity contribution in [2.24, 2.45) is 0 Å². The molecule has 0 fully saturated rings. The summed E-state index contributed by atoms with van der Waals surface area (Å²) in [6.45, 7) is 4.17. The highest BCUT2D eigenvalue weighted by Gasteiger charge is 2.21. The van der Waals surface area contributed by atoms with E-state index in [1.807, 2.05) is 12.1 Å². The maximum absolute atomic E-state index is 11.9. The molecule has 132 valence electrons. The number of hydrogen-bond acceptors (Lipinski definition) is 7. The van der Waals surface area contributed by atoms with E-state index in [9.17, 15) is 9.59 Å². The van der Waals surface area contributed by atoms with Gasteiger partial charge in [0, 0.05) is 24.7 Å². The Labute approximate surface area is 145 Å². The molecule has 2 heterocycles. The van der Waals surface area contributed by atoms with Gasteiger partial charge in [-0.2, -0.15) is 5.10 Å². The molecule has 2 rings (SSSR count). The van der Waals surface area contributed by atoms with Crippen LogP contribution in [0.3, 0.4) is 0 Å². The van der Waals surface area contributed by atoms with Crippen LogP contribution in [0.2, 0.25) is 0 Å². The molecule has 0 saturated carbocycles. The fraction of sp³-hybridized carbons (Fsp3) is 0.294. The third-order valence-corrected chi connectivity index (χ3v) is 3.15. The molecule has 2 aromatic heterocycles. The highest BCUT2D eigenvalue weighted by molar-refractivity contribution is 6.14. The lowest BCUT2D eigenvalue weighted by molar-refractivity contribution is -0.146. The van der Waals surface area contributed by atoms with Crippen molar-refractivity contribution in [3.8, 4) is 0 Å². The molecular formula is C17H20N4O4. The molecular weight excluding hydrogens is 324 g/mol. The second kappa shape index (κ2) is 9.21. The summed E-state index contributed by atoms with van der Waals surface area (Å²) in [6.07, 6.45) is 6.29. The van der Waals surface area contributed by atoms with E-state index in [0.29, 0.717) is 12.4 Å². The number of carbonyl (C=O) groups excluding carboxylic acids is 2. The first-order chi connectivity index (χ1) is 12.2. The lowest BCUT2D eigenvalue weighted by Crippen LogP contribution is -2.20. The van der Waals surface area contributed by atoms with Crippen LogP contribution >= 0.6 is 0 Å². The molecule has 0 aromatic carbocycles. The first kappa shape index (κ1) is 18.2. The van der Waals surface area contributed by atoms with Crippen molar-refractivity contribution in [2.75, 3.05) is 18.5 Å². The van der Waals surface area contributed by atoms with Gasteiger partial charge in [-0.3, -0.25) is 4.98 Å². The van der Waals surface area contributed by atoms with Gasteiger partial charge in [-0.1, -0.05) is 0 Å². The van der Waals surface area contributed by atoms with Crippen LogP contribution in [0.1, 0.15) is 19.4 Å². The van der Waals surface area contributed by atoms with Crippen LogP contribution in [0.4, 0.5) is 5.82 Å². The Hall–Kier alpha value is -3.16. The molecule has 0 amide bonds. The second-order valence-corrected chi connectivity index (χ2v) is 4.87. The van der Waals surface area contributed by atoms with Crippen molar-refractivity contribution < 1.29 is 19.1 Å². The van der Waals surface area contributed by atoms with E-state index >= 15 is 0 Å². The molecule has 0 aliphatic carbocycles. The van der Waals surface area contributed by atoms with Crippen molar-refractivity contribution in [1.82, 2.24) is 14.8 Å². The highest BCUT2D eigenvalue weighted by atomic mass is 16.6. The first-order valence-electron chi connectivity index (χ1n) is 7.87. The Morgan fingerprint density at radius 1 is 1.08 bits per heavy atom. The number of ether oxygens (including phenoxy) is 2. The summed E-state index contributed by atoms with van der Waals surface area (Å²) in [5.41, 5.74) is 0.807. The number of pyridine rings is 1. The minimum absolute atomic E-state index is 0.162. The molecule has 0 radical (unpaired) electrons. The van der Waals surface area contributed by atoms with Crippen LogP contribution < -0.4 is 5.32 Å². The lowest BCUT2D eigenvalue weighted by Gasteiger charge is -2.09. The zero-order valence-electron chi connectivity index (χ0n) is 14.1. The molecule has 0 unspecified atom stereocenters. The van der Waals surface area contributed by atoms with Crippen molar-refractivity contribution in [2.45, 2.75) is 20.4 Å². The average molecular weight is 344 g/mol. The number of hydrogen-bond donors (Lipinski definition) is 1. The van der Waals surface area contributed by atoms with E-state index in [1.165, 1.54) is 6.20 Å². The zero-order chi connectivity index (χ0) is 18.1. The molecule has 8 nitrogen and oxygen atoms in total. The lowest BCUT2D eigenvalue weighted by atomic mass is 10.3. The monoisotopic (exact) mass is 344 g/mol. The van der Waals surface area contributed by atoms with Gasteiger partial charge in [-0.15, -0.1) is 0 Å². The topological polar surface area (TPSA) is 95.3 Å². The molecule has 8 heteroatoms. The Morgan fingerprint density at radius 3 is 2.32 bits per heavy atom. The Bertz CT molecular complexity index is 720. The largest absolute Gasteiger partial charge is 0.462 e. The van der Waals surface area contributed by atoms with Crippen molar-refractivity contribution >= 4 is 17.8 Å². The average Bonchev–Trinajstić information content (AvgIpc) is 3.03. The molecule has 25 heavy (non-hydrogen) atoms. The van der Waals surface area contributed by atoms with Crippen LogP contribution in [0.15, 0.2) is 48.6 Å². The smallest absolute Gasteiger partial charge is 0.347 e. The summed E-state index contributed by atoms with van der Waals surface area (Å²) >= 11 is 0. The fourth-order valence-corrected chi connectivity index (χ4v) is 2.01. The predicted molar refractivity (Wildman–Crippen MR) is 90.5 cm³/mol. The Morgan fingerprint density at radius 2 is 1.72 bits per heavy atom. The van der Waals surface area contributed by atoms with Crippen molar-refractivity contribution in [1.29, 1.82) is 0 Å². The van der Waals surface area contributed by atoms with Gasteiger partial charge in [0.15, 0.2) is 5.57 Å². The van der Waals surface area contributed by atoms with Gasteiger partial charge in [0.2, 0.25) is 0 Å². The quantitative estimate of drug-likeness (QED) is 0.337. The summed E-state index contributed by atoms with van der Waals surface area (Å²) < 4.78 is 11.5. The van der Waals surface area contributed by atoms with Crippen molar-refractivity contribution in [3.05, 3.63) is 54.1 Å². The summed E-state index contributed by atoms with van der Waals surface area (Å²) in [7, 11) is 0. The number of esters is 2. The van der Waals surface area contributed by atoms with E-state index in [-0.39, 0.29) is 18.8 Å². The van der Waals surface area contributed by atoms with Crippen LogP contribution in [0.5, 0.6) is 0 Å². The van der Waals surface area contributed by atoms with Crippen LogP contribution in [-0.4, -0.2) is 39.9 Å². The molecule has 0 saturated heterocycles. The minimum atomic E-state index is -0.742. The van der Waals surface area contributed by atoms with Crippen molar-refractivity contribution in [3.63, 3.8) is 0 Å². The summed E-state index contributed by atoms with van der Waals surface area (Å²) in [5.74, 6) is -0.870. The third-order valence-electron chi connectivity index (χ3n) is 3.15. The summed E-state index contributed by atoms with van der Waals surface area (Å²) in [5, 5.41) is 7.14. The standard InChI is InChI=1S/C17H20N4O4/c1-3-24-16(22)14(17(23)25-4-2)11-19-15-7-10-20-21(15)12-13-5-8-18-9-6-13/h5-11,19H,3-4,12H2,1-2H3. The first-order valence-corrected chi connectivity index (χ1v) is 7.87. The molecule has 0 bridgehead atoms. The summed E-state index contributed by atoms with van der Waals surface area (Å²) in [4.78, 5) is 27.8. The number of aromatic nitrogens is 3. The van der Waals surface area contributed by atoms with E-state index in [4.69, 9.17) is 9.47 Å². The molecule has 0 spiro atoms. The molecule has 2 aromatic rings. The van der Waals surface area contributed by atoms with Crippen LogP contribution in [0.25, 0.3) is 0 Å². The number of carbonyl (C=O) groups is 2. The number of nitrogens with one attached hydrogen (secondary N) is 1. The number of anilines is 1. The van der Waals surface area contributed by atoms with Gasteiger partial charge in [0.1, 0.15) is 5.82 Å². The maximum Gasteiger partial charge on any atom is 0.347 e. The SMILES string of the molecule is CCOC(=O)C(=CNc1ccnn1Cc1ccncc1)C(=O)OCC. The van der Waals surface area contributed by atoms with E-state index in [1.54, 1.807) is 43.2 Å². The molecule has 0 atom stereocenters. The normalized spacial score (nSPS) is 10.0. The summed E-state index contributed by atoms with van der Waals surface area (Å²) in [6, 6.07) is 5.49. The van der Waals surface area contributed by atoms with Gasteiger partial charge < -0.3 is 14.8 Å². The minimum Gasteiger partial charge on any atom is -0.462 e. The van der Waals surface area contributed by atoms with Crippen LogP contribution in [0, 0.1) is 0 Å². The van der Waals surface area contributed by atoms with E-state index in [0.717, 1.165) is 5.56 Å². The van der Waals surface area contributed by atoms with Gasteiger partial charge in [0.25, 0.3) is 0 Å². The van der Waals surface area contributed by atoms with Gasteiger partial charge in [0.05, 0.1) is 26.0 Å². The molecule has 1 N–H and O–H groups in total. The van der Waals surface area contributed by atoms with Gasteiger partial charge >= 0.3 is 11.9 Å². The fourth-order valence-electron chi connectivity index (χ4n) is 2.01. The Balaban J connectivity index is 2.16. The highest BCUT2D eigenvalue weighted by Crippen LogP contribution is 2.11. The van der Waals surface area contributed by atoms with Gasteiger partial charge in [-0.05, 0) is 31.5 Å². The van der Waals surface area contributed by atoms with Gasteiger partial charge in [-0.25, -0.2) is 14.3 Å².